The molecule has 0 N–H and O–H groups in total. The number of hydrogen-bond donors (Lipinski definition) is 0. The second kappa shape index (κ2) is 72.5. The molecule has 0 aromatic rings. The van der Waals surface area contributed by atoms with Gasteiger partial charge in [-0.05, 0) is 89.9 Å². The van der Waals surface area contributed by atoms with Gasteiger partial charge in [0.05, 0.1) is 27.7 Å². The molecule has 0 aromatic heterocycles. The fourth-order valence-electron chi connectivity index (χ4n) is 11.4. The molecule has 0 heterocycles. The van der Waals surface area contributed by atoms with E-state index in [0.717, 1.165) is 70.6 Å². The average molecular weight is 1310 g/mol. The quantitative estimate of drug-likeness (QED) is 0.0195. The molecule has 0 amide bonds. The molecule has 0 aromatic carbocycles. The molecule has 0 aliphatic carbocycles. The smallest absolute Gasteiger partial charge is 0.306 e. The second-order valence-electron chi connectivity index (χ2n) is 27.7. The maximum Gasteiger partial charge on any atom is 0.306 e. The van der Waals surface area contributed by atoms with Crippen LogP contribution >= 0.6 is 7.82 Å². The van der Waals surface area contributed by atoms with Crippen LogP contribution in [0.5, 0.6) is 0 Å². The van der Waals surface area contributed by atoms with Gasteiger partial charge in [-0.3, -0.25) is 14.2 Å². The molecular formula is C82H150NO8P. The summed E-state index contributed by atoms with van der Waals surface area (Å²) in [4.78, 5) is 38.2. The minimum absolute atomic E-state index is 0.0299. The topological polar surface area (TPSA) is 111 Å². The van der Waals surface area contributed by atoms with Gasteiger partial charge in [0.15, 0.2) is 6.10 Å². The van der Waals surface area contributed by atoms with Crippen molar-refractivity contribution in [2.75, 3.05) is 47.5 Å². The number of carbonyl (C=O) groups is 2. The standard InChI is InChI=1S/C82H150NO8P/c1-6-8-10-12-14-16-18-20-22-24-26-28-30-32-34-36-37-38-39-40-41-42-43-44-45-47-49-51-53-55-57-59-61-63-65-67-69-71-73-75-82(85)91-80(79-90-92(86,87)89-77-76-83(3,4)5)78-88-81(84)74-72-70-68-66-64-62-60-58-56-54-52-50-48-46-35-33-31-29-27-25-23-21-19-17-15-13-11-9-7-2/h8,10,14,16,19-22,25-28,32,34,80H,6-7,9,11-13,15,17-18,23-24,29-31,33,35-79H2,1-5H3/b10-8-,16-14-,21-19-,22-20-,27-25-,28-26-,34-32-. The summed E-state index contributed by atoms with van der Waals surface area (Å²) >= 11 is 0. The zero-order chi connectivity index (χ0) is 66.9. The lowest BCUT2D eigenvalue weighted by Crippen LogP contribution is -2.37. The highest BCUT2D eigenvalue weighted by molar-refractivity contribution is 7.45. The molecule has 0 aliphatic heterocycles. The molecule has 0 saturated carbocycles. The molecule has 9 nitrogen and oxygen atoms in total. The van der Waals surface area contributed by atoms with Crippen molar-refractivity contribution in [1.82, 2.24) is 0 Å². The Morgan fingerprint density at radius 3 is 0.924 bits per heavy atom. The first-order valence-corrected chi connectivity index (χ1v) is 40.8. The van der Waals surface area contributed by atoms with Crippen molar-refractivity contribution in [2.24, 2.45) is 0 Å². The van der Waals surface area contributed by atoms with Crippen molar-refractivity contribution in [1.29, 1.82) is 0 Å². The number of nitrogens with zero attached hydrogens (tertiary/aromatic N) is 1. The number of unbranched alkanes of at least 4 members (excludes halogenated alkanes) is 45. The first-order chi connectivity index (χ1) is 45.0. The van der Waals surface area contributed by atoms with Crippen molar-refractivity contribution in [2.45, 2.75) is 380 Å². The number of ether oxygens (including phenoxy) is 2. The van der Waals surface area contributed by atoms with Crippen LogP contribution in [0.15, 0.2) is 85.1 Å². The lowest BCUT2D eigenvalue weighted by molar-refractivity contribution is -0.870. The highest BCUT2D eigenvalue weighted by Crippen LogP contribution is 2.38. The number of likely N-dealkylation sites (N-methyl/N-ethyl adjacent to an activating group) is 1. The SMILES string of the molecule is CC/C=C\C/C=C\C/C=C\C/C=C\C/C=C\CCCCCCCCCCCCCCCCCCCCCCCCCC(=O)OC(COC(=O)CCCCCCCCCCCCCCCCCCC/C=C\C/C=C\CCCCCCC)COP(=O)([O-])OCC[N+](C)(C)C. The van der Waals surface area contributed by atoms with Crippen molar-refractivity contribution >= 4 is 19.8 Å². The van der Waals surface area contributed by atoms with Gasteiger partial charge in [-0.25, -0.2) is 0 Å². The van der Waals surface area contributed by atoms with Crippen LogP contribution in [0, 0.1) is 0 Å². The number of hydrogen-bond acceptors (Lipinski definition) is 8. The molecule has 10 heteroatoms. The Morgan fingerprint density at radius 1 is 0.348 bits per heavy atom. The Morgan fingerprint density at radius 2 is 0.620 bits per heavy atom. The van der Waals surface area contributed by atoms with Gasteiger partial charge in [0.2, 0.25) is 0 Å². The molecule has 2 atom stereocenters. The van der Waals surface area contributed by atoms with Gasteiger partial charge in [-0.15, -0.1) is 0 Å². The van der Waals surface area contributed by atoms with E-state index >= 15 is 0 Å². The fourth-order valence-corrected chi connectivity index (χ4v) is 12.2. The van der Waals surface area contributed by atoms with E-state index in [2.05, 4.69) is 98.9 Å². The van der Waals surface area contributed by atoms with Gasteiger partial charge in [0.1, 0.15) is 19.8 Å². The maximum absolute atomic E-state index is 12.9. The van der Waals surface area contributed by atoms with Crippen LogP contribution in [-0.2, 0) is 32.7 Å². The maximum atomic E-state index is 12.9. The number of rotatable bonds is 73. The summed E-state index contributed by atoms with van der Waals surface area (Å²) in [5.41, 5.74) is 0. The third-order valence-corrected chi connectivity index (χ3v) is 18.4. The highest BCUT2D eigenvalue weighted by atomic mass is 31.2. The largest absolute Gasteiger partial charge is 0.756 e. The van der Waals surface area contributed by atoms with Crippen molar-refractivity contribution in [3.8, 4) is 0 Å². The highest BCUT2D eigenvalue weighted by Gasteiger charge is 2.22. The molecule has 0 rings (SSSR count). The first-order valence-electron chi connectivity index (χ1n) is 39.3. The number of allylic oxidation sites excluding steroid dienone is 14. The fraction of sp³-hybridized carbons (Fsp3) is 0.805. The Bertz CT molecular complexity index is 1830. The molecule has 0 bridgehead atoms. The predicted octanol–water partition coefficient (Wildman–Crippen LogP) is 25.4. The lowest BCUT2D eigenvalue weighted by Gasteiger charge is -2.28. The molecule has 92 heavy (non-hydrogen) atoms. The summed E-state index contributed by atoms with van der Waals surface area (Å²) in [7, 11) is 1.18. The number of phosphoric acid groups is 1. The zero-order valence-electron chi connectivity index (χ0n) is 61.2. The van der Waals surface area contributed by atoms with E-state index in [1.165, 1.54) is 270 Å². The van der Waals surface area contributed by atoms with Crippen LogP contribution < -0.4 is 4.89 Å². The Labute approximate surface area is 571 Å². The molecule has 0 radical (unpaired) electrons. The van der Waals surface area contributed by atoms with Crippen molar-refractivity contribution in [3.63, 3.8) is 0 Å². The van der Waals surface area contributed by atoms with Gasteiger partial charge >= 0.3 is 11.9 Å². The van der Waals surface area contributed by atoms with Crippen LogP contribution in [0.4, 0.5) is 0 Å². The summed E-state index contributed by atoms with van der Waals surface area (Å²) in [5.74, 6) is -0.814. The normalized spacial score (nSPS) is 13.5. The molecule has 0 aliphatic rings. The minimum Gasteiger partial charge on any atom is -0.756 e. The van der Waals surface area contributed by atoms with Crippen LogP contribution in [0.2, 0.25) is 0 Å². The second-order valence-corrected chi connectivity index (χ2v) is 29.1. The summed E-state index contributed by atoms with van der Waals surface area (Å²) in [5, 5.41) is 0. The summed E-state index contributed by atoms with van der Waals surface area (Å²) in [6, 6.07) is 0. The number of esters is 2. The Kier molecular flexibility index (Phi) is 70.2. The third-order valence-electron chi connectivity index (χ3n) is 17.4. The van der Waals surface area contributed by atoms with E-state index in [1.807, 2.05) is 21.1 Å². The van der Waals surface area contributed by atoms with E-state index in [0.29, 0.717) is 17.4 Å². The van der Waals surface area contributed by atoms with Crippen molar-refractivity contribution < 1.29 is 42.1 Å². The molecular weight excluding hydrogens is 1160 g/mol. The van der Waals surface area contributed by atoms with Crippen molar-refractivity contribution in [3.05, 3.63) is 85.1 Å². The molecule has 0 saturated heterocycles. The van der Waals surface area contributed by atoms with Gasteiger partial charge in [0, 0.05) is 12.8 Å². The average Bonchev–Trinajstić information content (AvgIpc) is 2.14. The molecule has 0 spiro atoms. The first kappa shape index (κ1) is 89.2. The van der Waals surface area contributed by atoms with Crippen LogP contribution in [0.1, 0.15) is 373 Å². The Hall–Kier alpha value is -2.81. The third kappa shape index (κ3) is 76.2. The number of phosphoric ester groups is 1. The summed E-state index contributed by atoms with van der Waals surface area (Å²) in [6.45, 7) is 4.17. The number of quaternary nitrogens is 1. The van der Waals surface area contributed by atoms with Crippen LogP contribution in [0.3, 0.4) is 0 Å². The summed E-state index contributed by atoms with van der Waals surface area (Å²) < 4.78 is 34.4. The van der Waals surface area contributed by atoms with Gasteiger partial charge in [-0.2, -0.15) is 0 Å². The van der Waals surface area contributed by atoms with Gasteiger partial charge < -0.3 is 27.9 Å². The molecule has 0 fully saturated rings. The zero-order valence-corrected chi connectivity index (χ0v) is 62.1. The minimum atomic E-state index is -4.64. The predicted molar refractivity (Wildman–Crippen MR) is 397 cm³/mol. The number of carbonyl (C=O) groups excluding carboxylic acids is 2. The van der Waals surface area contributed by atoms with E-state index in [9.17, 15) is 19.0 Å². The Balaban J connectivity index is 3.93. The van der Waals surface area contributed by atoms with E-state index < -0.39 is 26.5 Å². The van der Waals surface area contributed by atoms with Gasteiger partial charge in [-0.1, -0.05) is 356 Å². The van der Waals surface area contributed by atoms with Crippen LogP contribution in [-0.4, -0.2) is 70.0 Å². The van der Waals surface area contributed by atoms with E-state index in [1.54, 1.807) is 0 Å². The van der Waals surface area contributed by atoms with Crippen LogP contribution in [0.25, 0.3) is 0 Å². The molecule has 536 valence electrons. The van der Waals surface area contributed by atoms with Gasteiger partial charge in [0.25, 0.3) is 7.82 Å². The lowest BCUT2D eigenvalue weighted by atomic mass is 10.0. The monoisotopic (exact) mass is 1310 g/mol. The van der Waals surface area contributed by atoms with E-state index in [4.69, 9.17) is 18.5 Å². The molecule has 2 unspecified atom stereocenters. The summed E-state index contributed by atoms with van der Waals surface area (Å²) in [6.07, 6.45) is 99.9. The van der Waals surface area contributed by atoms with E-state index in [-0.39, 0.29) is 32.0 Å².